The Morgan fingerprint density at radius 3 is 2.25 bits per heavy atom. The molecule has 0 aromatic carbocycles. The van der Waals surface area contributed by atoms with Gasteiger partial charge in [0.15, 0.2) is 5.49 Å². The fourth-order valence-electron chi connectivity index (χ4n) is 2.05. The molecule has 2 aromatic heterocycles. The zero-order valence-corrected chi connectivity index (χ0v) is 13.1. The van der Waals surface area contributed by atoms with Crippen molar-refractivity contribution in [1.29, 1.82) is 0 Å². The van der Waals surface area contributed by atoms with Crippen LogP contribution in [0, 0.1) is 27.7 Å². The van der Waals surface area contributed by atoms with Gasteiger partial charge in [-0.25, -0.2) is 0 Å². The molecule has 4 heteroatoms. The van der Waals surface area contributed by atoms with Crippen LogP contribution in [0.25, 0.3) is 0 Å². The van der Waals surface area contributed by atoms with E-state index in [0.717, 1.165) is 16.4 Å². The van der Waals surface area contributed by atoms with Gasteiger partial charge in [0.05, 0.1) is 5.36 Å². The van der Waals surface area contributed by atoms with E-state index in [1.807, 2.05) is 32.4 Å². The molecule has 0 aliphatic carbocycles. The van der Waals surface area contributed by atoms with Crippen molar-refractivity contribution in [2.45, 2.75) is 27.7 Å². The van der Waals surface area contributed by atoms with Gasteiger partial charge in [-0.2, -0.15) is 0 Å². The number of hydrogen-bond acceptors (Lipinski definition) is 2. The SMILES string of the molecule is Cc1cc/c(=N\N=c2/ccn(C)c(C)c2C)n(C)c1C. The highest BCUT2D eigenvalue weighted by Crippen LogP contribution is 2.01. The molecule has 0 aliphatic heterocycles. The Bertz CT molecular complexity index is 709. The number of aryl methyl sites for hydroxylation is 2. The standard InChI is InChI=1S/C16H22N4/c1-11-7-8-16(20(6)13(11)3)18-17-15-9-10-19(5)14(4)12(15)2/h7-10H,1-6H3/b17-15+,18-16+. The molecule has 0 atom stereocenters. The lowest BCUT2D eigenvalue weighted by Gasteiger charge is -2.08. The highest BCUT2D eigenvalue weighted by Gasteiger charge is 1.98. The van der Waals surface area contributed by atoms with Gasteiger partial charge in [-0.3, -0.25) is 0 Å². The van der Waals surface area contributed by atoms with Crippen molar-refractivity contribution in [1.82, 2.24) is 9.13 Å². The third kappa shape index (κ3) is 2.59. The third-order valence-electron chi connectivity index (χ3n) is 4.07. The van der Waals surface area contributed by atoms with Crippen LogP contribution in [0.15, 0.2) is 34.6 Å². The minimum absolute atomic E-state index is 0.860. The molecule has 0 N–H and O–H groups in total. The van der Waals surface area contributed by atoms with Crippen molar-refractivity contribution in [2.75, 3.05) is 0 Å². The van der Waals surface area contributed by atoms with Crippen molar-refractivity contribution in [3.63, 3.8) is 0 Å². The predicted octanol–water partition coefficient (Wildman–Crippen LogP) is 2.01. The van der Waals surface area contributed by atoms with E-state index in [2.05, 4.69) is 53.1 Å². The molecular weight excluding hydrogens is 248 g/mol. The summed E-state index contributed by atoms with van der Waals surface area (Å²) in [4.78, 5) is 0. The Morgan fingerprint density at radius 1 is 0.850 bits per heavy atom. The highest BCUT2D eigenvalue weighted by molar-refractivity contribution is 5.18. The van der Waals surface area contributed by atoms with E-state index in [1.54, 1.807) is 0 Å². The predicted molar refractivity (Wildman–Crippen MR) is 80.9 cm³/mol. The summed E-state index contributed by atoms with van der Waals surface area (Å²) in [7, 11) is 4.05. The van der Waals surface area contributed by atoms with Crippen molar-refractivity contribution in [3.05, 3.63) is 57.8 Å². The van der Waals surface area contributed by atoms with Crippen molar-refractivity contribution in [2.24, 2.45) is 24.3 Å². The first-order chi connectivity index (χ1) is 9.41. The zero-order chi connectivity index (χ0) is 14.9. The van der Waals surface area contributed by atoms with Crippen molar-refractivity contribution >= 4 is 0 Å². The Kier molecular flexibility index (Phi) is 3.93. The van der Waals surface area contributed by atoms with Gasteiger partial charge in [-0.15, -0.1) is 10.2 Å². The van der Waals surface area contributed by atoms with E-state index < -0.39 is 0 Å². The Hall–Kier alpha value is -2.10. The highest BCUT2D eigenvalue weighted by atomic mass is 15.2. The van der Waals surface area contributed by atoms with Gasteiger partial charge in [0.1, 0.15) is 0 Å². The number of pyridine rings is 2. The van der Waals surface area contributed by atoms with Crippen LogP contribution in [0.1, 0.15) is 22.5 Å². The monoisotopic (exact) mass is 270 g/mol. The van der Waals surface area contributed by atoms with Gasteiger partial charge in [0.25, 0.3) is 0 Å². The molecule has 2 aromatic rings. The second-order valence-corrected chi connectivity index (χ2v) is 5.24. The van der Waals surface area contributed by atoms with Gasteiger partial charge in [-0.1, -0.05) is 6.07 Å². The van der Waals surface area contributed by atoms with Crippen LogP contribution in [0.2, 0.25) is 0 Å². The van der Waals surface area contributed by atoms with Gasteiger partial charge in [0.2, 0.25) is 0 Å². The Labute approximate surface area is 119 Å². The first kappa shape index (κ1) is 14.3. The maximum Gasteiger partial charge on any atom is 0.155 e. The Morgan fingerprint density at radius 2 is 1.55 bits per heavy atom. The summed E-state index contributed by atoms with van der Waals surface area (Å²) in [6.07, 6.45) is 2.01. The molecule has 106 valence electrons. The van der Waals surface area contributed by atoms with Crippen molar-refractivity contribution in [3.8, 4) is 0 Å². The van der Waals surface area contributed by atoms with E-state index in [-0.39, 0.29) is 0 Å². The third-order valence-corrected chi connectivity index (χ3v) is 4.07. The van der Waals surface area contributed by atoms with Crippen molar-refractivity contribution < 1.29 is 0 Å². The molecule has 0 radical (unpaired) electrons. The summed E-state index contributed by atoms with van der Waals surface area (Å²) in [5.41, 5.74) is 5.67. The molecule has 0 spiro atoms. The number of nitrogens with zero attached hydrogens (tertiary/aromatic N) is 4. The first-order valence-electron chi connectivity index (χ1n) is 6.75. The van der Waals surface area contributed by atoms with Crippen LogP contribution in [-0.4, -0.2) is 9.13 Å². The molecule has 0 bridgehead atoms. The second-order valence-electron chi connectivity index (χ2n) is 5.24. The van der Waals surface area contributed by atoms with Crippen LogP contribution < -0.4 is 10.8 Å². The smallest absolute Gasteiger partial charge is 0.155 e. The molecule has 0 aliphatic rings. The number of rotatable bonds is 1. The van der Waals surface area contributed by atoms with E-state index in [1.165, 1.54) is 17.0 Å². The van der Waals surface area contributed by atoms with Crippen LogP contribution in [0.4, 0.5) is 0 Å². The average Bonchev–Trinajstić information content (AvgIpc) is 2.43. The second kappa shape index (κ2) is 5.49. The Balaban J connectivity index is 2.61. The molecule has 0 amide bonds. The maximum atomic E-state index is 4.40. The van der Waals surface area contributed by atoms with E-state index in [4.69, 9.17) is 0 Å². The molecule has 4 nitrogen and oxygen atoms in total. The number of hydrogen-bond donors (Lipinski definition) is 0. The minimum Gasteiger partial charge on any atom is -0.354 e. The molecule has 20 heavy (non-hydrogen) atoms. The quantitative estimate of drug-likeness (QED) is 0.711. The fourth-order valence-corrected chi connectivity index (χ4v) is 2.05. The largest absolute Gasteiger partial charge is 0.354 e. The molecule has 0 unspecified atom stereocenters. The molecule has 0 fully saturated rings. The lowest BCUT2D eigenvalue weighted by atomic mass is 10.2. The average molecular weight is 270 g/mol. The number of aromatic nitrogens is 2. The van der Waals surface area contributed by atoms with Crippen LogP contribution in [0.3, 0.4) is 0 Å². The normalized spacial score (nSPS) is 13.1. The topological polar surface area (TPSA) is 34.6 Å². The van der Waals surface area contributed by atoms with Crippen LogP contribution >= 0.6 is 0 Å². The van der Waals surface area contributed by atoms with E-state index in [0.29, 0.717) is 0 Å². The summed E-state index contributed by atoms with van der Waals surface area (Å²) in [5, 5.41) is 9.70. The summed E-state index contributed by atoms with van der Waals surface area (Å²) >= 11 is 0. The van der Waals surface area contributed by atoms with Crippen LogP contribution in [-0.2, 0) is 14.1 Å². The summed E-state index contributed by atoms with van der Waals surface area (Å²) in [6.45, 7) is 8.35. The maximum absolute atomic E-state index is 4.40. The molecule has 2 heterocycles. The van der Waals surface area contributed by atoms with Crippen LogP contribution in [0.5, 0.6) is 0 Å². The van der Waals surface area contributed by atoms with Gasteiger partial charge in [0, 0.05) is 31.7 Å². The van der Waals surface area contributed by atoms with Gasteiger partial charge in [-0.05, 0) is 51.0 Å². The molecule has 2 rings (SSSR count). The molecule has 0 saturated carbocycles. The zero-order valence-electron chi connectivity index (χ0n) is 13.1. The summed E-state index contributed by atoms with van der Waals surface area (Å²) in [6, 6.07) is 6.07. The van der Waals surface area contributed by atoms with E-state index >= 15 is 0 Å². The summed E-state index contributed by atoms with van der Waals surface area (Å²) in [5.74, 6) is 0. The lowest BCUT2D eigenvalue weighted by Crippen LogP contribution is -2.20. The van der Waals surface area contributed by atoms with Gasteiger partial charge >= 0.3 is 0 Å². The lowest BCUT2D eigenvalue weighted by molar-refractivity contribution is 0.767. The molecular formula is C16H22N4. The van der Waals surface area contributed by atoms with E-state index in [9.17, 15) is 0 Å². The summed E-state index contributed by atoms with van der Waals surface area (Å²) < 4.78 is 4.15. The molecule has 0 saturated heterocycles. The first-order valence-corrected chi connectivity index (χ1v) is 6.75. The minimum atomic E-state index is 0.860. The van der Waals surface area contributed by atoms with Gasteiger partial charge < -0.3 is 9.13 Å². The fraction of sp³-hybridized carbons (Fsp3) is 0.375.